The molecule has 0 saturated heterocycles. The Morgan fingerprint density at radius 1 is 1.27 bits per heavy atom. The monoisotopic (exact) mass is 199 g/mol. The summed E-state index contributed by atoms with van der Waals surface area (Å²) in [7, 11) is 0. The fraction of sp³-hybridized carbons (Fsp3) is 0.231. The third kappa shape index (κ3) is 1.25. The standard InChI is InChI=1S/C13H13NO/c15-13-9-14-8-4-3-7-12(14)10-5-1-2-6-11(10)13/h1-4,6-10,12,15H,5H2. The Hall–Kier alpha value is -1.70. The predicted octanol–water partition coefficient (Wildman–Crippen LogP) is 2.66. The largest absolute Gasteiger partial charge is 0.506 e. The second kappa shape index (κ2) is 3.16. The maximum atomic E-state index is 9.90. The predicted molar refractivity (Wildman–Crippen MR) is 59.9 cm³/mol. The molecule has 3 aliphatic rings. The molecule has 76 valence electrons. The number of hydrogen-bond acceptors (Lipinski definition) is 2. The summed E-state index contributed by atoms with van der Waals surface area (Å²) in [5, 5.41) is 9.90. The van der Waals surface area contributed by atoms with Gasteiger partial charge in [0.15, 0.2) is 0 Å². The van der Waals surface area contributed by atoms with Gasteiger partial charge in [-0.3, -0.25) is 0 Å². The lowest BCUT2D eigenvalue weighted by Gasteiger charge is -2.39. The summed E-state index contributed by atoms with van der Waals surface area (Å²) < 4.78 is 0. The summed E-state index contributed by atoms with van der Waals surface area (Å²) in [6.07, 6.45) is 17.3. The first-order valence-electron chi connectivity index (χ1n) is 5.26. The minimum atomic E-state index is 0.363. The zero-order chi connectivity index (χ0) is 10.3. The zero-order valence-corrected chi connectivity index (χ0v) is 8.38. The average molecular weight is 199 g/mol. The van der Waals surface area contributed by atoms with E-state index in [0.717, 1.165) is 12.0 Å². The van der Waals surface area contributed by atoms with Crippen LogP contribution in [0.2, 0.25) is 0 Å². The lowest BCUT2D eigenvalue weighted by atomic mass is 9.81. The molecule has 2 atom stereocenters. The topological polar surface area (TPSA) is 23.5 Å². The van der Waals surface area contributed by atoms with Gasteiger partial charge in [-0.2, -0.15) is 0 Å². The molecule has 0 aromatic heterocycles. The van der Waals surface area contributed by atoms with Gasteiger partial charge in [-0.25, -0.2) is 0 Å². The van der Waals surface area contributed by atoms with Gasteiger partial charge < -0.3 is 10.0 Å². The van der Waals surface area contributed by atoms with E-state index in [1.54, 1.807) is 0 Å². The van der Waals surface area contributed by atoms with Gasteiger partial charge in [0.1, 0.15) is 5.76 Å². The van der Waals surface area contributed by atoms with Crippen LogP contribution >= 0.6 is 0 Å². The molecule has 0 aromatic rings. The van der Waals surface area contributed by atoms with E-state index in [-0.39, 0.29) is 0 Å². The van der Waals surface area contributed by atoms with Gasteiger partial charge in [0.05, 0.1) is 6.04 Å². The van der Waals surface area contributed by atoms with Crippen LogP contribution in [0.15, 0.2) is 60.2 Å². The van der Waals surface area contributed by atoms with Crippen molar-refractivity contribution in [3.63, 3.8) is 0 Å². The highest BCUT2D eigenvalue weighted by molar-refractivity contribution is 5.40. The molecule has 2 aliphatic heterocycles. The first kappa shape index (κ1) is 8.60. The molecule has 2 heterocycles. The Labute approximate surface area is 89.2 Å². The SMILES string of the molecule is OC1=CN2C=CC=CC2C2CC=CC=C12. The molecular weight excluding hydrogens is 186 g/mol. The molecule has 2 heteroatoms. The van der Waals surface area contributed by atoms with Crippen LogP contribution in [-0.4, -0.2) is 16.0 Å². The Morgan fingerprint density at radius 3 is 3.13 bits per heavy atom. The second-order valence-corrected chi connectivity index (χ2v) is 4.07. The van der Waals surface area contributed by atoms with Crippen LogP contribution < -0.4 is 0 Å². The van der Waals surface area contributed by atoms with Crippen LogP contribution in [0.5, 0.6) is 0 Å². The molecule has 1 aliphatic carbocycles. The molecule has 0 bridgehead atoms. The Balaban J connectivity index is 2.07. The van der Waals surface area contributed by atoms with Gasteiger partial charge in [-0.05, 0) is 12.5 Å². The molecule has 15 heavy (non-hydrogen) atoms. The van der Waals surface area contributed by atoms with Crippen LogP contribution in [0.3, 0.4) is 0 Å². The number of fused-ring (bicyclic) bond motifs is 3. The fourth-order valence-electron chi connectivity index (χ4n) is 2.46. The highest BCUT2D eigenvalue weighted by Crippen LogP contribution is 2.36. The lowest BCUT2D eigenvalue weighted by molar-refractivity contribution is 0.272. The first-order chi connectivity index (χ1) is 7.36. The van der Waals surface area contributed by atoms with E-state index in [1.807, 2.05) is 30.6 Å². The van der Waals surface area contributed by atoms with Gasteiger partial charge in [0.2, 0.25) is 0 Å². The van der Waals surface area contributed by atoms with Crippen LogP contribution in [-0.2, 0) is 0 Å². The highest BCUT2D eigenvalue weighted by Gasteiger charge is 2.33. The van der Waals surface area contributed by atoms with Crippen molar-refractivity contribution >= 4 is 0 Å². The summed E-state index contributed by atoms with van der Waals surface area (Å²) >= 11 is 0. The van der Waals surface area contributed by atoms with Crippen molar-refractivity contribution < 1.29 is 5.11 Å². The van der Waals surface area contributed by atoms with E-state index in [1.165, 1.54) is 0 Å². The van der Waals surface area contributed by atoms with Gasteiger partial charge >= 0.3 is 0 Å². The minimum absolute atomic E-state index is 0.363. The number of rotatable bonds is 0. The van der Waals surface area contributed by atoms with Crippen molar-refractivity contribution in [1.82, 2.24) is 4.90 Å². The molecule has 2 unspecified atom stereocenters. The summed E-state index contributed by atoms with van der Waals surface area (Å²) in [6, 6.07) is 0.363. The lowest BCUT2D eigenvalue weighted by Crippen LogP contribution is -2.39. The zero-order valence-electron chi connectivity index (χ0n) is 8.38. The summed E-state index contributed by atoms with van der Waals surface area (Å²) in [5.74, 6) is 0.793. The average Bonchev–Trinajstić information content (AvgIpc) is 2.30. The van der Waals surface area contributed by atoms with Crippen molar-refractivity contribution in [2.75, 3.05) is 0 Å². The molecule has 3 rings (SSSR count). The number of nitrogens with zero attached hydrogens (tertiary/aromatic N) is 1. The van der Waals surface area contributed by atoms with Gasteiger partial charge in [-0.1, -0.05) is 30.4 Å². The van der Waals surface area contributed by atoms with E-state index in [4.69, 9.17) is 0 Å². The Bertz CT molecular complexity index is 426. The van der Waals surface area contributed by atoms with E-state index >= 15 is 0 Å². The Morgan fingerprint density at radius 2 is 2.20 bits per heavy atom. The maximum absolute atomic E-state index is 9.90. The molecule has 0 saturated carbocycles. The number of aliphatic hydroxyl groups is 1. The molecule has 0 amide bonds. The van der Waals surface area contributed by atoms with Gasteiger partial charge in [0.25, 0.3) is 0 Å². The molecule has 0 fully saturated rings. The van der Waals surface area contributed by atoms with Gasteiger partial charge in [-0.15, -0.1) is 0 Å². The van der Waals surface area contributed by atoms with Crippen molar-refractivity contribution in [2.24, 2.45) is 5.92 Å². The van der Waals surface area contributed by atoms with E-state index < -0.39 is 0 Å². The van der Waals surface area contributed by atoms with Crippen LogP contribution in [0.4, 0.5) is 0 Å². The van der Waals surface area contributed by atoms with Gasteiger partial charge in [0, 0.05) is 23.9 Å². The van der Waals surface area contributed by atoms with Crippen LogP contribution in [0, 0.1) is 5.92 Å². The molecule has 2 nitrogen and oxygen atoms in total. The number of hydrogen-bond donors (Lipinski definition) is 1. The molecule has 0 spiro atoms. The van der Waals surface area contributed by atoms with Crippen molar-refractivity contribution in [3.05, 3.63) is 60.2 Å². The summed E-state index contributed by atoms with van der Waals surface area (Å²) in [4.78, 5) is 2.08. The molecule has 0 radical (unpaired) electrons. The van der Waals surface area contributed by atoms with Crippen LogP contribution in [0.1, 0.15) is 6.42 Å². The Kier molecular flexibility index (Phi) is 1.81. The second-order valence-electron chi connectivity index (χ2n) is 4.07. The minimum Gasteiger partial charge on any atom is -0.506 e. The maximum Gasteiger partial charge on any atom is 0.135 e. The summed E-state index contributed by atoms with van der Waals surface area (Å²) in [6.45, 7) is 0. The number of allylic oxidation sites excluding steroid dienone is 6. The number of aliphatic hydroxyl groups excluding tert-OH is 1. The first-order valence-corrected chi connectivity index (χ1v) is 5.26. The molecule has 0 aromatic carbocycles. The van der Waals surface area contributed by atoms with Crippen molar-refractivity contribution in [3.8, 4) is 0 Å². The van der Waals surface area contributed by atoms with Crippen molar-refractivity contribution in [2.45, 2.75) is 12.5 Å². The van der Waals surface area contributed by atoms with Crippen molar-refractivity contribution in [1.29, 1.82) is 0 Å². The van der Waals surface area contributed by atoms with E-state index in [0.29, 0.717) is 17.7 Å². The quantitative estimate of drug-likeness (QED) is 0.648. The highest BCUT2D eigenvalue weighted by atomic mass is 16.3. The smallest absolute Gasteiger partial charge is 0.135 e. The fourth-order valence-corrected chi connectivity index (χ4v) is 2.46. The third-order valence-electron chi connectivity index (χ3n) is 3.20. The third-order valence-corrected chi connectivity index (χ3v) is 3.20. The van der Waals surface area contributed by atoms with E-state index in [2.05, 4.69) is 23.1 Å². The summed E-state index contributed by atoms with van der Waals surface area (Å²) in [5.41, 5.74) is 1.07. The van der Waals surface area contributed by atoms with Crippen LogP contribution in [0.25, 0.3) is 0 Å². The molecular formula is C13H13NO. The van der Waals surface area contributed by atoms with E-state index in [9.17, 15) is 5.11 Å². The molecule has 1 N–H and O–H groups in total. The normalized spacial score (nSPS) is 31.9.